The van der Waals surface area contributed by atoms with Crippen molar-refractivity contribution in [3.63, 3.8) is 0 Å². The van der Waals surface area contributed by atoms with Crippen molar-refractivity contribution in [2.24, 2.45) is 5.41 Å². The fourth-order valence-electron chi connectivity index (χ4n) is 4.48. The maximum absolute atomic E-state index is 12.2. The monoisotopic (exact) mass is 507 g/mol. The Hall–Kier alpha value is -4.18. The molecule has 38 heavy (non-hydrogen) atoms. The first-order chi connectivity index (χ1) is 18.0. The molecule has 1 aliphatic carbocycles. The summed E-state index contributed by atoms with van der Waals surface area (Å²) in [7, 11) is 0. The number of hydrogen-bond donors (Lipinski definition) is 2. The van der Waals surface area contributed by atoms with E-state index in [0.717, 1.165) is 35.2 Å². The molecule has 1 aliphatic rings. The number of benzene rings is 2. The molecule has 0 spiro atoms. The fourth-order valence-corrected chi connectivity index (χ4v) is 4.48. The summed E-state index contributed by atoms with van der Waals surface area (Å²) in [6, 6.07) is 16.4. The number of aromatic carboxylic acids is 1. The van der Waals surface area contributed by atoms with Crippen LogP contribution in [0.25, 0.3) is 6.08 Å². The van der Waals surface area contributed by atoms with Crippen LogP contribution in [-0.4, -0.2) is 17.0 Å². The van der Waals surface area contributed by atoms with Crippen molar-refractivity contribution >= 4 is 23.6 Å². The summed E-state index contributed by atoms with van der Waals surface area (Å²) < 4.78 is 0. The maximum Gasteiger partial charge on any atom is 0.335 e. The van der Waals surface area contributed by atoms with E-state index in [2.05, 4.69) is 51.2 Å². The quantitative estimate of drug-likeness (QED) is 0.278. The van der Waals surface area contributed by atoms with Gasteiger partial charge < -0.3 is 10.4 Å². The second kappa shape index (κ2) is 12.9. The molecule has 0 aliphatic heterocycles. The van der Waals surface area contributed by atoms with Crippen LogP contribution in [0.4, 0.5) is 5.69 Å². The van der Waals surface area contributed by atoms with Gasteiger partial charge in [0, 0.05) is 11.8 Å². The molecular weight excluding hydrogens is 470 g/mol. The third-order valence-electron chi connectivity index (χ3n) is 6.76. The first-order valence-corrected chi connectivity index (χ1v) is 12.9. The summed E-state index contributed by atoms with van der Waals surface area (Å²) in [4.78, 5) is 23.3. The second-order valence-corrected chi connectivity index (χ2v) is 10.4. The van der Waals surface area contributed by atoms with E-state index in [-0.39, 0.29) is 11.3 Å². The van der Waals surface area contributed by atoms with Crippen molar-refractivity contribution in [2.75, 3.05) is 5.32 Å². The van der Waals surface area contributed by atoms with E-state index in [9.17, 15) is 9.59 Å². The van der Waals surface area contributed by atoms with Gasteiger partial charge in [-0.2, -0.15) is 0 Å². The number of allylic oxidation sites excluding steroid dienone is 10. The van der Waals surface area contributed by atoms with Gasteiger partial charge in [0.2, 0.25) is 5.91 Å². The van der Waals surface area contributed by atoms with E-state index in [1.807, 2.05) is 67.6 Å². The molecule has 2 N–H and O–H groups in total. The molecule has 196 valence electrons. The van der Waals surface area contributed by atoms with Gasteiger partial charge in [-0.1, -0.05) is 86.2 Å². The predicted octanol–water partition coefficient (Wildman–Crippen LogP) is 8.55. The van der Waals surface area contributed by atoms with Crippen LogP contribution < -0.4 is 5.32 Å². The Kier molecular flexibility index (Phi) is 9.61. The number of anilines is 1. The highest BCUT2D eigenvalue weighted by Crippen LogP contribution is 2.43. The molecule has 0 fully saturated rings. The van der Waals surface area contributed by atoms with Crippen molar-refractivity contribution in [3.05, 3.63) is 130 Å². The van der Waals surface area contributed by atoms with Gasteiger partial charge in [-0.15, -0.1) is 0 Å². The Morgan fingerprint density at radius 3 is 2.29 bits per heavy atom. The summed E-state index contributed by atoms with van der Waals surface area (Å²) >= 11 is 0. The van der Waals surface area contributed by atoms with Gasteiger partial charge in [-0.05, 0) is 91.1 Å². The van der Waals surface area contributed by atoms with E-state index in [1.165, 1.54) is 16.7 Å². The minimum absolute atomic E-state index is 0.0622. The first-order valence-electron chi connectivity index (χ1n) is 12.9. The van der Waals surface area contributed by atoms with E-state index >= 15 is 0 Å². The zero-order chi connectivity index (χ0) is 27.7. The molecule has 0 atom stereocenters. The van der Waals surface area contributed by atoms with Crippen LogP contribution >= 0.6 is 0 Å². The van der Waals surface area contributed by atoms with Crippen LogP contribution in [0.15, 0.2) is 119 Å². The number of carbonyl (C=O) groups is 2. The van der Waals surface area contributed by atoms with Crippen LogP contribution in [0.1, 0.15) is 63.4 Å². The lowest BCUT2D eigenvalue weighted by Crippen LogP contribution is -2.20. The van der Waals surface area contributed by atoms with Crippen molar-refractivity contribution in [1.82, 2.24) is 0 Å². The van der Waals surface area contributed by atoms with Crippen molar-refractivity contribution in [2.45, 2.75) is 47.5 Å². The molecule has 1 amide bonds. The number of carbonyl (C=O) groups excluding carboxylic acids is 1. The van der Waals surface area contributed by atoms with Gasteiger partial charge in [0.1, 0.15) is 0 Å². The lowest BCUT2D eigenvalue weighted by atomic mass is 9.70. The molecule has 0 bridgehead atoms. The van der Waals surface area contributed by atoms with Crippen LogP contribution in [0, 0.1) is 5.41 Å². The lowest BCUT2D eigenvalue weighted by Gasteiger charge is -2.34. The zero-order valence-corrected chi connectivity index (χ0v) is 22.9. The number of para-hydroxylation sites is 1. The second-order valence-electron chi connectivity index (χ2n) is 10.4. The topological polar surface area (TPSA) is 66.4 Å². The Labute approximate surface area is 226 Å². The minimum Gasteiger partial charge on any atom is -0.478 e. The first kappa shape index (κ1) is 28.4. The van der Waals surface area contributed by atoms with Crippen molar-refractivity contribution in [3.8, 4) is 0 Å². The van der Waals surface area contributed by atoms with Crippen LogP contribution in [0.3, 0.4) is 0 Å². The highest BCUT2D eigenvalue weighted by atomic mass is 16.4. The van der Waals surface area contributed by atoms with Crippen molar-refractivity contribution < 1.29 is 14.7 Å². The summed E-state index contributed by atoms with van der Waals surface area (Å²) in [6.07, 6.45) is 16.0. The van der Waals surface area contributed by atoms with E-state index in [0.29, 0.717) is 5.56 Å². The molecule has 0 radical (unpaired) electrons. The van der Waals surface area contributed by atoms with E-state index < -0.39 is 5.97 Å². The number of carboxylic acids is 1. The predicted molar refractivity (Wildman–Crippen MR) is 158 cm³/mol. The number of hydrogen-bond acceptors (Lipinski definition) is 2. The highest BCUT2D eigenvalue weighted by molar-refractivity contribution is 5.99. The van der Waals surface area contributed by atoms with E-state index in [4.69, 9.17) is 5.11 Å². The lowest BCUT2D eigenvalue weighted by molar-refractivity contribution is -0.111. The molecule has 2 aromatic rings. The normalized spacial score (nSPS) is 17.4. The highest BCUT2D eigenvalue weighted by Gasteiger charge is 2.28. The standard InChI is InChI=1S/C34H37NO3/c1-24(10-9-11-25(2)22-32(36)35-30-12-7-6-8-13-30)14-19-31-26(3)29(20-21-34(31,4)5)23-27-15-17-28(18-16-27)33(37)38/h6-19,22-23H,20-21H2,1-5H3,(H,35,36)(H,37,38). The maximum atomic E-state index is 12.2. The van der Waals surface area contributed by atoms with Gasteiger partial charge in [0.15, 0.2) is 0 Å². The van der Waals surface area contributed by atoms with Crippen LogP contribution in [0.5, 0.6) is 0 Å². The van der Waals surface area contributed by atoms with Gasteiger partial charge in [0.25, 0.3) is 0 Å². The molecule has 2 aromatic carbocycles. The van der Waals surface area contributed by atoms with Gasteiger partial charge in [-0.25, -0.2) is 4.79 Å². The molecule has 0 heterocycles. The average molecular weight is 508 g/mol. The number of carboxylic acid groups (broad SMARTS) is 1. The number of amides is 1. The van der Waals surface area contributed by atoms with Crippen LogP contribution in [0.2, 0.25) is 0 Å². The average Bonchev–Trinajstić information content (AvgIpc) is 2.86. The Balaban J connectivity index is 1.71. The van der Waals surface area contributed by atoms with Gasteiger partial charge >= 0.3 is 5.97 Å². The minimum atomic E-state index is -0.912. The third kappa shape index (κ3) is 8.17. The largest absolute Gasteiger partial charge is 0.478 e. The Morgan fingerprint density at radius 1 is 0.947 bits per heavy atom. The molecular formula is C34H37NO3. The van der Waals surface area contributed by atoms with Gasteiger partial charge in [-0.3, -0.25) is 4.79 Å². The molecule has 0 saturated heterocycles. The van der Waals surface area contributed by atoms with E-state index in [1.54, 1.807) is 18.2 Å². The molecule has 4 heteroatoms. The van der Waals surface area contributed by atoms with Gasteiger partial charge in [0.05, 0.1) is 5.56 Å². The molecule has 0 unspecified atom stereocenters. The number of nitrogens with one attached hydrogen (secondary N) is 1. The third-order valence-corrected chi connectivity index (χ3v) is 6.76. The molecule has 3 rings (SSSR count). The fraction of sp³-hybridized carbons (Fsp3) is 0.235. The van der Waals surface area contributed by atoms with Crippen LogP contribution in [-0.2, 0) is 4.79 Å². The summed E-state index contributed by atoms with van der Waals surface area (Å²) in [5, 5.41) is 12.0. The SMILES string of the molecule is CC(C=CC1=C(C)C(=Cc2ccc(C(=O)O)cc2)CCC1(C)C)=CC=CC(C)=CC(=O)Nc1ccccc1. The Bertz CT molecular complexity index is 1350. The number of rotatable bonds is 8. The summed E-state index contributed by atoms with van der Waals surface area (Å²) in [5.41, 5.74) is 7.98. The smallest absolute Gasteiger partial charge is 0.335 e. The Morgan fingerprint density at radius 2 is 1.63 bits per heavy atom. The molecule has 4 nitrogen and oxygen atoms in total. The summed E-state index contributed by atoms with van der Waals surface area (Å²) in [5.74, 6) is -1.06. The molecule has 0 aromatic heterocycles. The summed E-state index contributed by atoms with van der Waals surface area (Å²) in [6.45, 7) is 10.7. The molecule has 0 saturated carbocycles. The zero-order valence-electron chi connectivity index (χ0n) is 22.9. The van der Waals surface area contributed by atoms with Crippen molar-refractivity contribution in [1.29, 1.82) is 0 Å².